The van der Waals surface area contributed by atoms with Gasteiger partial charge < -0.3 is 14.9 Å². The van der Waals surface area contributed by atoms with E-state index >= 15 is 0 Å². The number of hydrogen-bond acceptors (Lipinski definition) is 3. The molecule has 2 N–H and O–H groups in total. The summed E-state index contributed by atoms with van der Waals surface area (Å²) in [6.07, 6.45) is -0.261. The standard InChI is InChI=1S/C12H10O5/c1-17-10-7-8(3-2-4-11(13)14)5-6-9(10)12(15)16/h5-7H,4H2,1H3,(H,13,14)(H,15,16). The van der Waals surface area contributed by atoms with Crippen LogP contribution < -0.4 is 4.74 Å². The second-order valence-electron chi connectivity index (χ2n) is 3.09. The van der Waals surface area contributed by atoms with E-state index in [1.807, 2.05) is 0 Å². The molecule has 0 saturated heterocycles. The first-order valence-electron chi connectivity index (χ1n) is 4.66. The zero-order chi connectivity index (χ0) is 12.8. The fourth-order valence-electron chi connectivity index (χ4n) is 1.17. The van der Waals surface area contributed by atoms with Crippen molar-refractivity contribution in [1.82, 2.24) is 0 Å². The van der Waals surface area contributed by atoms with Crippen LogP contribution in [0.4, 0.5) is 0 Å². The Morgan fingerprint density at radius 1 is 1.35 bits per heavy atom. The molecule has 5 nitrogen and oxygen atoms in total. The second-order valence-corrected chi connectivity index (χ2v) is 3.09. The lowest BCUT2D eigenvalue weighted by atomic mass is 10.1. The van der Waals surface area contributed by atoms with Gasteiger partial charge in [-0.05, 0) is 18.2 Å². The maximum Gasteiger partial charge on any atom is 0.339 e. The molecule has 1 rings (SSSR count). The van der Waals surface area contributed by atoms with Gasteiger partial charge in [-0.1, -0.05) is 11.8 Å². The van der Waals surface area contributed by atoms with Crippen molar-refractivity contribution in [3.05, 3.63) is 29.3 Å². The first kappa shape index (κ1) is 12.6. The Hall–Kier alpha value is -2.48. The highest BCUT2D eigenvalue weighted by Gasteiger charge is 2.10. The van der Waals surface area contributed by atoms with Gasteiger partial charge in [0.15, 0.2) is 0 Å². The molecule has 0 heterocycles. The van der Waals surface area contributed by atoms with Gasteiger partial charge >= 0.3 is 11.9 Å². The lowest BCUT2D eigenvalue weighted by molar-refractivity contribution is -0.135. The molecule has 17 heavy (non-hydrogen) atoms. The molecule has 0 bridgehead atoms. The van der Waals surface area contributed by atoms with Crippen molar-refractivity contribution in [1.29, 1.82) is 0 Å². The number of carboxylic acids is 2. The Labute approximate surface area is 97.6 Å². The quantitative estimate of drug-likeness (QED) is 0.768. The minimum Gasteiger partial charge on any atom is -0.496 e. The molecular formula is C12H10O5. The molecule has 0 fully saturated rings. The summed E-state index contributed by atoms with van der Waals surface area (Å²) < 4.78 is 4.91. The molecule has 0 aliphatic carbocycles. The monoisotopic (exact) mass is 234 g/mol. The van der Waals surface area contributed by atoms with E-state index in [1.54, 1.807) is 0 Å². The molecule has 0 amide bonds. The average Bonchev–Trinajstić information content (AvgIpc) is 2.28. The van der Waals surface area contributed by atoms with E-state index in [9.17, 15) is 9.59 Å². The Balaban J connectivity index is 3.00. The van der Waals surface area contributed by atoms with E-state index in [4.69, 9.17) is 14.9 Å². The first-order chi connectivity index (χ1) is 8.04. The van der Waals surface area contributed by atoms with Gasteiger partial charge in [0.25, 0.3) is 0 Å². The summed E-state index contributed by atoms with van der Waals surface area (Å²) in [7, 11) is 1.36. The van der Waals surface area contributed by atoms with E-state index in [2.05, 4.69) is 11.8 Å². The third-order valence-electron chi connectivity index (χ3n) is 1.90. The summed E-state index contributed by atoms with van der Waals surface area (Å²) in [5, 5.41) is 17.2. The molecular weight excluding hydrogens is 224 g/mol. The third-order valence-corrected chi connectivity index (χ3v) is 1.90. The predicted molar refractivity (Wildman–Crippen MR) is 59.1 cm³/mol. The van der Waals surface area contributed by atoms with Gasteiger partial charge in [0, 0.05) is 5.56 Å². The molecule has 0 spiro atoms. The van der Waals surface area contributed by atoms with E-state index in [0.717, 1.165) is 0 Å². The highest BCUT2D eigenvalue weighted by molar-refractivity contribution is 5.91. The highest BCUT2D eigenvalue weighted by atomic mass is 16.5. The van der Waals surface area contributed by atoms with Crippen molar-refractivity contribution in [2.24, 2.45) is 0 Å². The van der Waals surface area contributed by atoms with Crippen molar-refractivity contribution in [2.45, 2.75) is 6.42 Å². The van der Waals surface area contributed by atoms with Crippen LogP contribution in [0, 0.1) is 11.8 Å². The molecule has 0 aliphatic rings. The van der Waals surface area contributed by atoms with Crippen LogP contribution in [0.1, 0.15) is 22.3 Å². The lowest BCUT2D eigenvalue weighted by Crippen LogP contribution is -2.00. The Bertz CT molecular complexity index is 507. The Kier molecular flexibility index (Phi) is 4.12. The zero-order valence-electron chi connectivity index (χ0n) is 9.06. The van der Waals surface area contributed by atoms with Gasteiger partial charge in [-0.25, -0.2) is 4.79 Å². The molecule has 1 aromatic carbocycles. The molecule has 5 heteroatoms. The van der Waals surface area contributed by atoms with Gasteiger partial charge in [-0.3, -0.25) is 4.79 Å². The maximum absolute atomic E-state index is 10.8. The number of rotatable bonds is 3. The number of hydrogen-bond donors (Lipinski definition) is 2. The van der Waals surface area contributed by atoms with Crippen LogP contribution in [-0.2, 0) is 4.79 Å². The van der Waals surface area contributed by atoms with Gasteiger partial charge in [0.1, 0.15) is 17.7 Å². The van der Waals surface area contributed by atoms with Crippen LogP contribution in [0.15, 0.2) is 18.2 Å². The van der Waals surface area contributed by atoms with Crippen LogP contribution >= 0.6 is 0 Å². The summed E-state index contributed by atoms with van der Waals surface area (Å²) in [6, 6.07) is 4.32. The van der Waals surface area contributed by atoms with Crippen LogP contribution in [-0.4, -0.2) is 29.3 Å². The van der Waals surface area contributed by atoms with Crippen LogP contribution in [0.3, 0.4) is 0 Å². The highest BCUT2D eigenvalue weighted by Crippen LogP contribution is 2.19. The van der Waals surface area contributed by atoms with Crippen molar-refractivity contribution >= 4 is 11.9 Å². The van der Waals surface area contributed by atoms with Crippen LogP contribution in [0.5, 0.6) is 5.75 Å². The number of benzene rings is 1. The smallest absolute Gasteiger partial charge is 0.339 e. The number of methoxy groups -OCH3 is 1. The fraction of sp³-hybridized carbons (Fsp3) is 0.167. The molecule has 0 aromatic heterocycles. The van der Waals surface area contributed by atoms with E-state index in [1.165, 1.54) is 25.3 Å². The normalized spacial score (nSPS) is 9.00. The number of carboxylic acid groups (broad SMARTS) is 2. The van der Waals surface area contributed by atoms with Gasteiger partial charge in [-0.2, -0.15) is 0 Å². The number of ether oxygens (including phenoxy) is 1. The summed E-state index contributed by atoms with van der Waals surface area (Å²) in [4.78, 5) is 21.1. The SMILES string of the molecule is COc1cc(C#CCC(=O)O)ccc1C(=O)O. The summed E-state index contributed by atoms with van der Waals surface area (Å²) >= 11 is 0. The molecule has 0 radical (unpaired) electrons. The van der Waals surface area contributed by atoms with Gasteiger partial charge in [0.2, 0.25) is 0 Å². The predicted octanol–water partition coefficient (Wildman–Crippen LogP) is 1.22. The number of carbonyl (C=O) groups is 2. The Morgan fingerprint density at radius 2 is 2.06 bits per heavy atom. The number of aromatic carboxylic acids is 1. The zero-order valence-corrected chi connectivity index (χ0v) is 9.06. The molecule has 0 aliphatic heterocycles. The molecule has 0 atom stereocenters. The molecule has 88 valence electrons. The van der Waals surface area contributed by atoms with Crippen molar-refractivity contribution in [3.8, 4) is 17.6 Å². The molecule has 1 aromatic rings. The molecule has 0 unspecified atom stereocenters. The second kappa shape index (κ2) is 5.56. The van der Waals surface area contributed by atoms with Gasteiger partial charge in [-0.15, -0.1) is 0 Å². The minimum absolute atomic E-state index is 0.0382. The van der Waals surface area contributed by atoms with Crippen LogP contribution in [0.25, 0.3) is 0 Å². The first-order valence-corrected chi connectivity index (χ1v) is 4.66. The third kappa shape index (κ3) is 3.54. The van der Waals surface area contributed by atoms with E-state index < -0.39 is 11.9 Å². The van der Waals surface area contributed by atoms with Crippen molar-refractivity contribution in [3.63, 3.8) is 0 Å². The van der Waals surface area contributed by atoms with Crippen LogP contribution in [0.2, 0.25) is 0 Å². The average molecular weight is 234 g/mol. The summed E-state index contributed by atoms with van der Waals surface area (Å²) in [5.41, 5.74) is 0.546. The molecule has 0 saturated carbocycles. The van der Waals surface area contributed by atoms with Crippen molar-refractivity contribution in [2.75, 3.05) is 7.11 Å². The lowest BCUT2D eigenvalue weighted by Gasteiger charge is -2.04. The maximum atomic E-state index is 10.8. The topological polar surface area (TPSA) is 83.8 Å². The fourth-order valence-corrected chi connectivity index (χ4v) is 1.17. The summed E-state index contributed by atoms with van der Waals surface area (Å²) in [5.74, 6) is 3.16. The Morgan fingerprint density at radius 3 is 2.59 bits per heavy atom. The number of aliphatic carboxylic acids is 1. The largest absolute Gasteiger partial charge is 0.496 e. The van der Waals surface area contributed by atoms with Gasteiger partial charge in [0.05, 0.1) is 7.11 Å². The van der Waals surface area contributed by atoms with E-state index in [-0.39, 0.29) is 17.7 Å². The van der Waals surface area contributed by atoms with E-state index in [0.29, 0.717) is 5.56 Å². The summed E-state index contributed by atoms with van der Waals surface area (Å²) in [6.45, 7) is 0. The van der Waals surface area contributed by atoms with Crippen molar-refractivity contribution < 1.29 is 24.5 Å². The minimum atomic E-state index is -1.09.